The lowest BCUT2D eigenvalue weighted by Crippen LogP contribution is -2.35. The van der Waals surface area contributed by atoms with Gasteiger partial charge < -0.3 is 15.7 Å². The Kier molecular flexibility index (Phi) is 3.88. The normalized spacial score (nSPS) is 22.7. The number of carboxylic acids is 1. The van der Waals surface area contributed by atoms with Gasteiger partial charge in [-0.05, 0) is 18.6 Å². The van der Waals surface area contributed by atoms with E-state index in [4.69, 9.17) is 5.11 Å². The number of nitrogens with one attached hydrogen (secondary N) is 2. The van der Waals surface area contributed by atoms with Crippen LogP contribution in [0.1, 0.15) is 16.8 Å². The molecule has 1 aliphatic rings. The number of aromatic carboxylic acids is 1. The average Bonchev–Trinajstić information content (AvgIpc) is 2.76. The Bertz CT molecular complexity index is 478. The minimum Gasteiger partial charge on any atom is -0.478 e. The fourth-order valence-electron chi connectivity index (χ4n) is 1.92. The summed E-state index contributed by atoms with van der Waals surface area (Å²) in [5, 5.41) is 14.8. The molecule has 5 nitrogen and oxygen atoms in total. The lowest BCUT2D eigenvalue weighted by molar-refractivity contribution is -0.117. The Morgan fingerprint density at radius 2 is 2.11 bits per heavy atom. The summed E-state index contributed by atoms with van der Waals surface area (Å²) in [5.41, 5.74) is 0.408. The number of anilines is 1. The zero-order valence-electron chi connectivity index (χ0n) is 9.59. The van der Waals surface area contributed by atoms with Crippen LogP contribution < -0.4 is 10.6 Å². The summed E-state index contributed by atoms with van der Waals surface area (Å²) in [5.74, 6) is -1.28. The molecule has 96 valence electrons. The van der Waals surface area contributed by atoms with E-state index in [0.717, 1.165) is 0 Å². The van der Waals surface area contributed by atoms with Crippen LogP contribution in [0.2, 0.25) is 0 Å². The van der Waals surface area contributed by atoms with Crippen LogP contribution in [0.3, 0.4) is 0 Å². The van der Waals surface area contributed by atoms with Gasteiger partial charge in [0.15, 0.2) is 0 Å². The second kappa shape index (κ2) is 5.41. The summed E-state index contributed by atoms with van der Waals surface area (Å²) in [4.78, 5) is 22.9. The Balaban J connectivity index is 2.09. The minimum absolute atomic E-state index is 0.0891. The first-order valence-corrected chi connectivity index (χ1v) is 6.14. The number of carbonyl (C=O) groups excluding carboxylic acids is 1. The first-order chi connectivity index (χ1) is 8.58. The summed E-state index contributed by atoms with van der Waals surface area (Å²) < 4.78 is 0. The number of hydrogen-bond donors (Lipinski definition) is 4. The molecule has 2 rings (SSSR count). The van der Waals surface area contributed by atoms with E-state index in [1.807, 2.05) is 0 Å². The predicted octanol–water partition coefficient (Wildman–Crippen LogP) is 0.984. The monoisotopic (exact) mass is 266 g/mol. The molecular weight excluding hydrogens is 252 g/mol. The van der Waals surface area contributed by atoms with Crippen molar-refractivity contribution < 1.29 is 14.7 Å². The van der Waals surface area contributed by atoms with Gasteiger partial charge in [0, 0.05) is 11.8 Å². The van der Waals surface area contributed by atoms with Crippen molar-refractivity contribution in [3.05, 3.63) is 29.8 Å². The molecule has 0 aliphatic carbocycles. The molecule has 0 saturated carbocycles. The van der Waals surface area contributed by atoms with Crippen molar-refractivity contribution in [1.29, 1.82) is 0 Å². The maximum atomic E-state index is 11.9. The molecule has 1 saturated heterocycles. The van der Waals surface area contributed by atoms with Gasteiger partial charge in [-0.15, -0.1) is 0 Å². The van der Waals surface area contributed by atoms with E-state index in [-0.39, 0.29) is 22.8 Å². The van der Waals surface area contributed by atoms with Crippen LogP contribution in [0.5, 0.6) is 0 Å². The van der Waals surface area contributed by atoms with Crippen LogP contribution in [0.4, 0.5) is 5.69 Å². The van der Waals surface area contributed by atoms with Crippen molar-refractivity contribution in [3.63, 3.8) is 0 Å². The number of para-hydroxylation sites is 1. The van der Waals surface area contributed by atoms with Gasteiger partial charge >= 0.3 is 5.97 Å². The van der Waals surface area contributed by atoms with Gasteiger partial charge in [0.25, 0.3) is 0 Å². The summed E-state index contributed by atoms with van der Waals surface area (Å²) in [6.45, 7) is 0.682. The van der Waals surface area contributed by atoms with Crippen molar-refractivity contribution in [2.75, 3.05) is 11.9 Å². The van der Waals surface area contributed by atoms with Crippen LogP contribution in [0.15, 0.2) is 24.3 Å². The molecular formula is C12H14N2O3S. The van der Waals surface area contributed by atoms with E-state index in [2.05, 4.69) is 23.3 Å². The SMILES string of the molecule is O=C(O)c1ccccc1NC(=O)[C@@H]1C[C@H](S)CN1. The fourth-order valence-corrected chi connectivity index (χ4v) is 2.23. The maximum Gasteiger partial charge on any atom is 0.337 e. The van der Waals surface area contributed by atoms with Gasteiger partial charge in [0.2, 0.25) is 5.91 Å². The molecule has 3 N–H and O–H groups in total. The van der Waals surface area contributed by atoms with Crippen LogP contribution in [-0.4, -0.2) is 34.8 Å². The highest BCUT2D eigenvalue weighted by molar-refractivity contribution is 7.81. The molecule has 2 atom stereocenters. The lowest BCUT2D eigenvalue weighted by atomic mass is 10.1. The molecule has 0 aromatic heterocycles. The van der Waals surface area contributed by atoms with Crippen LogP contribution in [-0.2, 0) is 4.79 Å². The number of amides is 1. The molecule has 1 heterocycles. The molecule has 6 heteroatoms. The van der Waals surface area contributed by atoms with Crippen molar-refractivity contribution in [2.45, 2.75) is 17.7 Å². The van der Waals surface area contributed by atoms with Gasteiger partial charge in [-0.3, -0.25) is 4.79 Å². The van der Waals surface area contributed by atoms with Crippen LogP contribution >= 0.6 is 12.6 Å². The standard InChI is InChI=1S/C12H14N2O3S/c15-11(10-5-7(18)6-13-10)14-9-4-2-1-3-8(9)12(16)17/h1-4,7,10,13,18H,5-6H2,(H,14,15)(H,16,17)/t7-,10-/m0/s1. The highest BCUT2D eigenvalue weighted by Gasteiger charge is 2.27. The molecule has 0 bridgehead atoms. The van der Waals surface area contributed by atoms with E-state index < -0.39 is 5.97 Å². The van der Waals surface area contributed by atoms with Crippen LogP contribution in [0.25, 0.3) is 0 Å². The molecule has 0 spiro atoms. The van der Waals surface area contributed by atoms with E-state index in [9.17, 15) is 9.59 Å². The third kappa shape index (κ3) is 2.83. The molecule has 1 aromatic carbocycles. The minimum atomic E-state index is -1.06. The smallest absolute Gasteiger partial charge is 0.337 e. The van der Waals surface area contributed by atoms with Gasteiger partial charge in [-0.25, -0.2) is 4.79 Å². The Morgan fingerprint density at radius 3 is 2.72 bits per heavy atom. The highest BCUT2D eigenvalue weighted by atomic mass is 32.1. The largest absolute Gasteiger partial charge is 0.478 e. The zero-order valence-corrected chi connectivity index (χ0v) is 10.5. The third-order valence-electron chi connectivity index (χ3n) is 2.84. The summed E-state index contributed by atoms with van der Waals surface area (Å²) in [6, 6.07) is 6.03. The van der Waals surface area contributed by atoms with Gasteiger partial charge in [-0.1, -0.05) is 12.1 Å². The first kappa shape index (κ1) is 12.9. The number of benzene rings is 1. The van der Waals surface area contributed by atoms with Gasteiger partial charge in [0.05, 0.1) is 17.3 Å². The van der Waals surface area contributed by atoms with Crippen molar-refractivity contribution in [2.24, 2.45) is 0 Å². The molecule has 1 fully saturated rings. The summed E-state index contributed by atoms with van der Waals surface area (Å²) in [6.07, 6.45) is 0.643. The molecule has 0 unspecified atom stereocenters. The molecule has 0 radical (unpaired) electrons. The number of thiol groups is 1. The van der Waals surface area contributed by atoms with E-state index in [0.29, 0.717) is 18.7 Å². The van der Waals surface area contributed by atoms with Crippen molar-refractivity contribution in [1.82, 2.24) is 5.32 Å². The second-order valence-corrected chi connectivity index (χ2v) is 4.92. The molecule has 1 aliphatic heterocycles. The van der Waals surface area contributed by atoms with E-state index >= 15 is 0 Å². The van der Waals surface area contributed by atoms with E-state index in [1.165, 1.54) is 6.07 Å². The molecule has 1 amide bonds. The highest BCUT2D eigenvalue weighted by Crippen LogP contribution is 2.18. The summed E-state index contributed by atoms with van der Waals surface area (Å²) >= 11 is 4.29. The Morgan fingerprint density at radius 1 is 1.39 bits per heavy atom. The lowest BCUT2D eigenvalue weighted by Gasteiger charge is -2.12. The second-order valence-electron chi connectivity index (χ2n) is 4.19. The number of carboxylic acid groups (broad SMARTS) is 1. The number of rotatable bonds is 3. The first-order valence-electron chi connectivity index (χ1n) is 5.62. The van der Waals surface area contributed by atoms with Crippen molar-refractivity contribution in [3.8, 4) is 0 Å². The van der Waals surface area contributed by atoms with Crippen LogP contribution in [0, 0.1) is 0 Å². The number of hydrogen-bond acceptors (Lipinski definition) is 4. The Hall–Kier alpha value is -1.53. The topological polar surface area (TPSA) is 78.4 Å². The zero-order chi connectivity index (χ0) is 13.1. The Labute approximate surface area is 110 Å². The predicted molar refractivity (Wildman–Crippen MR) is 71.2 cm³/mol. The third-order valence-corrected chi connectivity index (χ3v) is 3.23. The average molecular weight is 266 g/mol. The molecule has 18 heavy (non-hydrogen) atoms. The quantitative estimate of drug-likeness (QED) is 0.615. The van der Waals surface area contributed by atoms with Crippen molar-refractivity contribution >= 4 is 30.2 Å². The number of carbonyl (C=O) groups is 2. The van der Waals surface area contributed by atoms with Gasteiger partial charge in [-0.2, -0.15) is 12.6 Å². The maximum absolute atomic E-state index is 11.9. The summed E-state index contributed by atoms with van der Waals surface area (Å²) in [7, 11) is 0. The molecule has 1 aromatic rings. The van der Waals surface area contributed by atoms with E-state index in [1.54, 1.807) is 18.2 Å². The van der Waals surface area contributed by atoms with Gasteiger partial charge in [0.1, 0.15) is 0 Å². The fraction of sp³-hybridized carbons (Fsp3) is 0.333.